The summed E-state index contributed by atoms with van der Waals surface area (Å²) in [4.78, 5) is 0. The van der Waals surface area contributed by atoms with Crippen molar-refractivity contribution in [3.63, 3.8) is 0 Å². The maximum atomic E-state index is 13.4. The van der Waals surface area contributed by atoms with Crippen molar-refractivity contribution in [1.29, 1.82) is 0 Å². The molecule has 1 aromatic heterocycles. The average Bonchev–Trinajstić information content (AvgIpc) is 2.45. The molecule has 2 aromatic rings. The van der Waals surface area contributed by atoms with E-state index in [0.717, 1.165) is 29.1 Å². The molecule has 1 heterocycles. The largest absolute Gasteiger partial charge is 0.310 e. The summed E-state index contributed by atoms with van der Waals surface area (Å²) >= 11 is 6.18. The molecule has 112 valence electrons. The molecule has 0 aliphatic heterocycles. The third-order valence-corrected chi connectivity index (χ3v) is 3.77. The highest BCUT2D eigenvalue weighted by atomic mass is 35.5. The Labute approximate surface area is 129 Å². The Morgan fingerprint density at radius 2 is 2.00 bits per heavy atom. The van der Waals surface area contributed by atoms with Crippen molar-refractivity contribution < 1.29 is 4.39 Å². The average molecular weight is 308 g/mol. The predicted molar refractivity (Wildman–Crippen MR) is 83.0 cm³/mol. The lowest BCUT2D eigenvalue weighted by molar-refractivity contribution is 0.539. The van der Waals surface area contributed by atoms with Crippen LogP contribution in [0.5, 0.6) is 0 Å². The van der Waals surface area contributed by atoms with Gasteiger partial charge in [0.1, 0.15) is 5.82 Å². The van der Waals surface area contributed by atoms with Crippen LogP contribution < -0.4 is 5.32 Å². The fraction of sp³-hybridized carbons (Fsp3) is 0.375. The van der Waals surface area contributed by atoms with Crippen LogP contribution in [0, 0.1) is 19.7 Å². The quantitative estimate of drug-likeness (QED) is 0.913. The topological polar surface area (TPSA) is 37.8 Å². The second-order valence-electron chi connectivity index (χ2n) is 5.08. The highest BCUT2D eigenvalue weighted by Gasteiger charge is 2.17. The molecule has 1 unspecified atom stereocenters. The van der Waals surface area contributed by atoms with E-state index in [1.54, 1.807) is 6.07 Å². The number of aromatic nitrogens is 2. The number of hydrogen-bond donors (Lipinski definition) is 1. The normalized spacial score (nSPS) is 12.4. The van der Waals surface area contributed by atoms with Crippen LogP contribution in [0.3, 0.4) is 0 Å². The summed E-state index contributed by atoms with van der Waals surface area (Å²) in [6.45, 7) is 6.68. The van der Waals surface area contributed by atoms with Gasteiger partial charge in [-0.25, -0.2) is 4.39 Å². The number of likely N-dealkylation sites (N-methyl/N-ethyl adjacent to an activating group) is 1. The van der Waals surface area contributed by atoms with Gasteiger partial charge in [0.25, 0.3) is 0 Å². The highest BCUT2D eigenvalue weighted by molar-refractivity contribution is 6.31. The Morgan fingerprint density at radius 1 is 1.24 bits per heavy atom. The van der Waals surface area contributed by atoms with Crippen LogP contribution in [-0.4, -0.2) is 16.7 Å². The summed E-state index contributed by atoms with van der Waals surface area (Å²) in [7, 11) is 0. The molecular weight excluding hydrogens is 289 g/mol. The van der Waals surface area contributed by atoms with E-state index in [1.165, 1.54) is 12.1 Å². The maximum absolute atomic E-state index is 13.4. The number of hydrogen-bond acceptors (Lipinski definition) is 3. The van der Waals surface area contributed by atoms with Crippen molar-refractivity contribution in [3.8, 4) is 0 Å². The van der Waals surface area contributed by atoms with Gasteiger partial charge in [-0.15, -0.1) is 0 Å². The number of nitrogens with one attached hydrogen (secondary N) is 1. The minimum atomic E-state index is -0.273. The second kappa shape index (κ2) is 6.96. The van der Waals surface area contributed by atoms with Crippen molar-refractivity contribution in [2.24, 2.45) is 0 Å². The van der Waals surface area contributed by atoms with E-state index in [1.807, 2.05) is 26.8 Å². The van der Waals surface area contributed by atoms with Gasteiger partial charge in [0, 0.05) is 11.1 Å². The fourth-order valence-electron chi connectivity index (χ4n) is 2.38. The third-order valence-electron chi connectivity index (χ3n) is 3.40. The first-order chi connectivity index (χ1) is 10.0. The molecule has 1 aromatic carbocycles. The van der Waals surface area contributed by atoms with E-state index in [0.29, 0.717) is 11.4 Å². The Bertz CT molecular complexity index is 631. The summed E-state index contributed by atoms with van der Waals surface area (Å²) in [6.07, 6.45) is 0.608. The zero-order valence-corrected chi connectivity index (χ0v) is 13.2. The van der Waals surface area contributed by atoms with Gasteiger partial charge in [-0.2, -0.15) is 10.2 Å². The van der Waals surface area contributed by atoms with E-state index in [2.05, 4.69) is 15.5 Å². The molecule has 1 N–H and O–H groups in total. The zero-order valence-electron chi connectivity index (χ0n) is 12.5. The fourth-order valence-corrected chi connectivity index (χ4v) is 2.58. The molecule has 0 radical (unpaired) electrons. The van der Waals surface area contributed by atoms with E-state index >= 15 is 0 Å². The molecule has 3 nitrogen and oxygen atoms in total. The molecule has 0 bridgehead atoms. The van der Waals surface area contributed by atoms with Crippen molar-refractivity contribution in [2.45, 2.75) is 33.2 Å². The number of rotatable bonds is 5. The van der Waals surface area contributed by atoms with Crippen LogP contribution in [0.4, 0.5) is 4.39 Å². The standard InChI is InChI=1S/C16H19ClFN3/c1-4-19-16(14-7-10(2)20-21-11(14)3)9-12-8-13(18)5-6-15(12)17/h5-8,16,19H,4,9H2,1-3H3. The molecule has 0 spiro atoms. The Morgan fingerprint density at radius 3 is 2.71 bits per heavy atom. The summed E-state index contributed by atoms with van der Waals surface area (Å²) in [5, 5.41) is 12.2. The molecule has 0 aliphatic rings. The number of halogens is 2. The molecule has 5 heteroatoms. The summed E-state index contributed by atoms with van der Waals surface area (Å²) in [5.74, 6) is -0.273. The number of benzene rings is 1. The second-order valence-corrected chi connectivity index (χ2v) is 5.48. The highest BCUT2D eigenvalue weighted by Crippen LogP contribution is 2.25. The molecule has 1 atom stereocenters. The summed E-state index contributed by atoms with van der Waals surface area (Å²) in [5.41, 5.74) is 3.60. The van der Waals surface area contributed by atoms with Gasteiger partial charge < -0.3 is 5.32 Å². The van der Waals surface area contributed by atoms with Crippen LogP contribution in [-0.2, 0) is 6.42 Å². The van der Waals surface area contributed by atoms with Gasteiger partial charge >= 0.3 is 0 Å². The van der Waals surface area contributed by atoms with Crippen LogP contribution in [0.2, 0.25) is 5.02 Å². The van der Waals surface area contributed by atoms with Crippen molar-refractivity contribution in [3.05, 3.63) is 57.6 Å². The van der Waals surface area contributed by atoms with Crippen LogP contribution >= 0.6 is 11.6 Å². The van der Waals surface area contributed by atoms with E-state index < -0.39 is 0 Å². The number of aryl methyl sites for hydroxylation is 2. The first-order valence-corrected chi connectivity index (χ1v) is 7.37. The molecule has 0 fully saturated rings. The summed E-state index contributed by atoms with van der Waals surface area (Å²) < 4.78 is 13.4. The van der Waals surface area contributed by atoms with Crippen molar-refractivity contribution in [1.82, 2.24) is 15.5 Å². The molecule has 0 saturated heterocycles. The van der Waals surface area contributed by atoms with Crippen LogP contribution in [0.1, 0.15) is 35.5 Å². The van der Waals surface area contributed by atoms with Gasteiger partial charge in [0.05, 0.1) is 11.4 Å². The lowest BCUT2D eigenvalue weighted by atomic mass is 9.97. The van der Waals surface area contributed by atoms with Gasteiger partial charge in [-0.3, -0.25) is 0 Å². The number of nitrogens with zero attached hydrogens (tertiary/aromatic N) is 2. The SMILES string of the molecule is CCNC(Cc1cc(F)ccc1Cl)c1cc(C)nnc1C. The van der Waals surface area contributed by atoms with Gasteiger partial charge in [-0.1, -0.05) is 18.5 Å². The molecule has 2 rings (SSSR count). The Hall–Kier alpha value is -1.52. The minimum absolute atomic E-state index is 0.0310. The van der Waals surface area contributed by atoms with E-state index in [4.69, 9.17) is 11.6 Å². The zero-order chi connectivity index (χ0) is 15.4. The van der Waals surface area contributed by atoms with E-state index in [9.17, 15) is 4.39 Å². The predicted octanol–water partition coefficient (Wildman–Crippen LogP) is 3.78. The first kappa shape index (κ1) is 15.9. The van der Waals surface area contributed by atoms with Gasteiger partial charge in [-0.05, 0) is 62.2 Å². The lowest BCUT2D eigenvalue weighted by Crippen LogP contribution is -2.24. The van der Waals surface area contributed by atoms with Gasteiger partial charge in [0.2, 0.25) is 0 Å². The van der Waals surface area contributed by atoms with Crippen LogP contribution in [0.25, 0.3) is 0 Å². The van der Waals surface area contributed by atoms with E-state index in [-0.39, 0.29) is 11.9 Å². The lowest BCUT2D eigenvalue weighted by Gasteiger charge is -2.20. The molecule has 0 amide bonds. The first-order valence-electron chi connectivity index (χ1n) is 6.99. The summed E-state index contributed by atoms with van der Waals surface area (Å²) in [6, 6.07) is 6.51. The molecule has 0 saturated carbocycles. The van der Waals surface area contributed by atoms with Crippen LogP contribution in [0.15, 0.2) is 24.3 Å². The van der Waals surface area contributed by atoms with Crippen molar-refractivity contribution >= 4 is 11.6 Å². The molecular formula is C16H19ClFN3. The third kappa shape index (κ3) is 3.99. The minimum Gasteiger partial charge on any atom is -0.310 e. The maximum Gasteiger partial charge on any atom is 0.123 e. The monoisotopic (exact) mass is 307 g/mol. The molecule has 21 heavy (non-hydrogen) atoms. The smallest absolute Gasteiger partial charge is 0.123 e. The van der Waals surface area contributed by atoms with Gasteiger partial charge in [0.15, 0.2) is 0 Å². The molecule has 0 aliphatic carbocycles. The van der Waals surface area contributed by atoms with Crippen molar-refractivity contribution in [2.75, 3.05) is 6.54 Å². The Balaban J connectivity index is 2.35. The Kier molecular flexibility index (Phi) is 5.26.